The molecule has 3 aromatic rings. The molecule has 1 fully saturated rings. The summed E-state index contributed by atoms with van der Waals surface area (Å²) in [5, 5.41) is 26.9. The molecule has 1 unspecified atom stereocenters. The van der Waals surface area contributed by atoms with Crippen LogP contribution in [0.25, 0.3) is 0 Å². The number of amidine groups is 1. The van der Waals surface area contributed by atoms with E-state index in [-0.39, 0.29) is 29.9 Å². The minimum Gasteiger partial charge on any atom is -0.475 e. The molecule has 1 aliphatic carbocycles. The Balaban J connectivity index is 0.000000676. The smallest absolute Gasteiger partial charge is 0.475 e. The summed E-state index contributed by atoms with van der Waals surface area (Å²) >= 11 is 0. The second kappa shape index (κ2) is 15.4. The summed E-state index contributed by atoms with van der Waals surface area (Å²) < 4.78 is 31.7. The molecule has 13 heteroatoms. The zero-order chi connectivity index (χ0) is 32.3. The SMILES string of the molecule is CC(Nc1ccccc1NC(=O)Nc1ccc(C(=N)N)cc1)c1ccc(C(=O)NC2CCCCC2)cc1.O=C(O)C(F)(F)F. The summed E-state index contributed by atoms with van der Waals surface area (Å²) in [7, 11) is 0. The van der Waals surface area contributed by atoms with E-state index in [1.165, 1.54) is 19.3 Å². The van der Waals surface area contributed by atoms with E-state index in [4.69, 9.17) is 21.0 Å². The molecule has 44 heavy (non-hydrogen) atoms. The third kappa shape index (κ3) is 10.3. The Kier molecular flexibility index (Phi) is 11.7. The number of halogens is 3. The minimum atomic E-state index is -5.08. The van der Waals surface area contributed by atoms with Crippen LogP contribution in [0.1, 0.15) is 66.6 Å². The molecule has 0 heterocycles. The van der Waals surface area contributed by atoms with Crippen LogP contribution in [0, 0.1) is 5.41 Å². The molecule has 0 aromatic heterocycles. The molecule has 0 radical (unpaired) electrons. The van der Waals surface area contributed by atoms with Crippen LogP contribution < -0.4 is 27.0 Å². The number of alkyl halides is 3. The van der Waals surface area contributed by atoms with Gasteiger partial charge in [0.15, 0.2) is 0 Å². The molecule has 1 saturated carbocycles. The predicted octanol–water partition coefficient (Wildman–Crippen LogP) is 6.48. The molecule has 3 aromatic carbocycles. The molecule has 0 bridgehead atoms. The molecule has 3 amide bonds. The van der Waals surface area contributed by atoms with Crippen molar-refractivity contribution in [2.45, 2.75) is 57.3 Å². The number of urea groups is 1. The van der Waals surface area contributed by atoms with Crippen molar-refractivity contribution in [3.05, 3.63) is 89.5 Å². The van der Waals surface area contributed by atoms with Crippen LogP contribution in [0.3, 0.4) is 0 Å². The second-order valence-electron chi connectivity index (χ2n) is 10.2. The van der Waals surface area contributed by atoms with Gasteiger partial charge in [0.2, 0.25) is 0 Å². The Bertz CT molecular complexity index is 1440. The van der Waals surface area contributed by atoms with E-state index in [1.807, 2.05) is 55.5 Å². The standard InChI is InChI=1S/C29H34N6O2.C2HF3O2/c1-19(20-11-13-22(14-12-20)28(36)33-23-7-3-2-4-8-23)32-25-9-5-6-10-26(25)35-29(37)34-24-17-15-21(16-18-24)27(30)31;3-2(4,5)1(6)7/h5-6,9-19,23,32H,2-4,7-8H2,1H3,(H3,30,31)(H,33,36)(H2,34,35,37);(H,6,7). The van der Waals surface area contributed by atoms with Crippen LogP contribution in [0.4, 0.5) is 35.0 Å². The molecule has 0 saturated heterocycles. The average molecular weight is 613 g/mol. The molecule has 234 valence electrons. The van der Waals surface area contributed by atoms with Crippen molar-refractivity contribution in [1.82, 2.24) is 5.32 Å². The zero-order valence-corrected chi connectivity index (χ0v) is 24.0. The van der Waals surface area contributed by atoms with Gasteiger partial charge < -0.3 is 32.1 Å². The maximum absolute atomic E-state index is 12.6. The first-order valence-corrected chi connectivity index (χ1v) is 13.9. The number of carbonyl (C=O) groups is 3. The van der Waals surface area contributed by atoms with Gasteiger partial charge in [-0.25, -0.2) is 9.59 Å². The largest absolute Gasteiger partial charge is 0.490 e. The van der Waals surface area contributed by atoms with Crippen LogP contribution in [0.15, 0.2) is 72.8 Å². The zero-order valence-electron chi connectivity index (χ0n) is 24.0. The van der Waals surface area contributed by atoms with Crippen molar-refractivity contribution in [2.24, 2.45) is 5.73 Å². The van der Waals surface area contributed by atoms with Gasteiger partial charge in [0.25, 0.3) is 5.91 Å². The number of carbonyl (C=O) groups excluding carboxylic acids is 2. The van der Waals surface area contributed by atoms with Gasteiger partial charge in [-0.1, -0.05) is 43.5 Å². The summed E-state index contributed by atoms with van der Waals surface area (Å²) in [6.45, 7) is 2.03. The molecule has 0 aliphatic heterocycles. The van der Waals surface area contributed by atoms with Gasteiger partial charge in [0, 0.05) is 28.9 Å². The lowest BCUT2D eigenvalue weighted by Gasteiger charge is -2.23. The predicted molar refractivity (Wildman–Crippen MR) is 163 cm³/mol. The van der Waals surface area contributed by atoms with E-state index >= 15 is 0 Å². The van der Waals surface area contributed by atoms with Gasteiger partial charge in [-0.3, -0.25) is 10.2 Å². The van der Waals surface area contributed by atoms with E-state index in [2.05, 4.69) is 21.3 Å². The van der Waals surface area contributed by atoms with E-state index in [1.54, 1.807) is 24.3 Å². The Hall–Kier alpha value is -5.07. The number of carboxylic acids is 1. The third-order valence-corrected chi connectivity index (χ3v) is 6.86. The summed E-state index contributed by atoms with van der Waals surface area (Å²) in [6.07, 6.45) is 0.647. The number of nitrogens with two attached hydrogens (primary N) is 1. The summed E-state index contributed by atoms with van der Waals surface area (Å²) in [6, 6.07) is 21.7. The highest BCUT2D eigenvalue weighted by atomic mass is 19.4. The molecule has 0 spiro atoms. The van der Waals surface area contributed by atoms with Crippen molar-refractivity contribution < 1.29 is 32.7 Å². The number of aliphatic carboxylic acids is 1. The fourth-order valence-corrected chi connectivity index (χ4v) is 4.49. The molecule has 4 rings (SSSR count). The van der Waals surface area contributed by atoms with Crippen LogP contribution in [-0.4, -0.2) is 41.1 Å². The number of nitrogens with one attached hydrogen (secondary N) is 5. The Morgan fingerprint density at radius 2 is 1.41 bits per heavy atom. The van der Waals surface area contributed by atoms with E-state index in [0.29, 0.717) is 22.5 Å². The van der Waals surface area contributed by atoms with Crippen LogP contribution in [0.5, 0.6) is 0 Å². The number of carboxylic acid groups (broad SMARTS) is 1. The van der Waals surface area contributed by atoms with Gasteiger partial charge in [-0.05, 0) is 73.9 Å². The highest BCUT2D eigenvalue weighted by Crippen LogP contribution is 2.27. The summed E-state index contributed by atoms with van der Waals surface area (Å²) in [5.74, 6) is -2.80. The molecule has 1 atom stereocenters. The lowest BCUT2D eigenvalue weighted by molar-refractivity contribution is -0.192. The fraction of sp³-hybridized carbons (Fsp3) is 0.290. The maximum atomic E-state index is 12.6. The molecule has 8 N–H and O–H groups in total. The normalized spacial score (nSPS) is 13.8. The Labute approximate surface area is 252 Å². The fourth-order valence-electron chi connectivity index (χ4n) is 4.49. The number of hydrogen-bond acceptors (Lipinski definition) is 5. The Morgan fingerprint density at radius 3 is 1.95 bits per heavy atom. The van der Waals surface area contributed by atoms with Gasteiger partial charge in [-0.15, -0.1) is 0 Å². The lowest BCUT2D eigenvalue weighted by Crippen LogP contribution is -2.36. The highest BCUT2D eigenvalue weighted by Gasteiger charge is 2.38. The first kappa shape index (κ1) is 33.4. The molecular formula is C31H35F3N6O4. The third-order valence-electron chi connectivity index (χ3n) is 6.86. The van der Waals surface area contributed by atoms with Gasteiger partial charge in [-0.2, -0.15) is 13.2 Å². The first-order valence-electron chi connectivity index (χ1n) is 13.9. The quantitative estimate of drug-likeness (QED) is 0.113. The number of benzene rings is 3. The lowest BCUT2D eigenvalue weighted by atomic mass is 9.95. The van der Waals surface area contributed by atoms with Crippen molar-refractivity contribution in [2.75, 3.05) is 16.0 Å². The molecular weight excluding hydrogens is 577 g/mol. The molecule has 10 nitrogen and oxygen atoms in total. The highest BCUT2D eigenvalue weighted by molar-refractivity contribution is 6.02. The van der Waals surface area contributed by atoms with Crippen LogP contribution >= 0.6 is 0 Å². The molecule has 1 aliphatic rings. The maximum Gasteiger partial charge on any atom is 0.490 e. The summed E-state index contributed by atoms with van der Waals surface area (Å²) in [5.41, 5.74) is 9.76. The van der Waals surface area contributed by atoms with Gasteiger partial charge in [0.05, 0.1) is 11.4 Å². The second-order valence-corrected chi connectivity index (χ2v) is 10.2. The first-order chi connectivity index (χ1) is 20.8. The van der Waals surface area contributed by atoms with Crippen LogP contribution in [-0.2, 0) is 4.79 Å². The summed E-state index contributed by atoms with van der Waals surface area (Å²) in [4.78, 5) is 34.1. The van der Waals surface area contributed by atoms with Crippen molar-refractivity contribution in [1.29, 1.82) is 5.41 Å². The van der Waals surface area contributed by atoms with Crippen molar-refractivity contribution in [3.8, 4) is 0 Å². The number of nitrogen functional groups attached to an aromatic ring is 1. The van der Waals surface area contributed by atoms with E-state index in [0.717, 1.165) is 24.1 Å². The topological polar surface area (TPSA) is 169 Å². The van der Waals surface area contributed by atoms with E-state index < -0.39 is 12.1 Å². The van der Waals surface area contributed by atoms with Gasteiger partial charge in [0.1, 0.15) is 5.84 Å². The van der Waals surface area contributed by atoms with Crippen molar-refractivity contribution >= 4 is 40.8 Å². The van der Waals surface area contributed by atoms with Gasteiger partial charge >= 0.3 is 18.2 Å². The van der Waals surface area contributed by atoms with E-state index in [9.17, 15) is 22.8 Å². The van der Waals surface area contributed by atoms with Crippen molar-refractivity contribution in [3.63, 3.8) is 0 Å². The number of anilines is 3. The monoisotopic (exact) mass is 612 g/mol. The Morgan fingerprint density at radius 1 is 0.864 bits per heavy atom. The average Bonchev–Trinajstić information content (AvgIpc) is 2.99. The number of rotatable bonds is 8. The van der Waals surface area contributed by atoms with Crippen LogP contribution in [0.2, 0.25) is 0 Å². The number of amides is 3. The minimum absolute atomic E-state index is 0.0180. The number of para-hydroxylation sites is 2. The number of hydrogen-bond donors (Lipinski definition) is 7.